The fourth-order valence-electron chi connectivity index (χ4n) is 3.56. The van der Waals surface area contributed by atoms with E-state index in [4.69, 9.17) is 9.84 Å². The number of likely N-dealkylation sites (N-methyl/N-ethyl adjacent to an activating group) is 1. The van der Waals surface area contributed by atoms with Crippen LogP contribution in [0.15, 0.2) is 52.3 Å². The van der Waals surface area contributed by atoms with Crippen LogP contribution in [0.25, 0.3) is 0 Å². The van der Waals surface area contributed by atoms with Gasteiger partial charge in [-0.15, -0.1) is 0 Å². The number of ether oxygens (including phenoxy) is 1. The van der Waals surface area contributed by atoms with Crippen molar-refractivity contribution in [3.8, 4) is 5.75 Å². The van der Waals surface area contributed by atoms with Gasteiger partial charge in [0.2, 0.25) is 9.84 Å². The first-order valence-corrected chi connectivity index (χ1v) is 10.3. The van der Waals surface area contributed by atoms with Crippen LogP contribution in [-0.2, 0) is 16.3 Å². The molecule has 0 saturated carbocycles. The van der Waals surface area contributed by atoms with Crippen molar-refractivity contribution in [1.29, 1.82) is 0 Å². The van der Waals surface area contributed by atoms with Gasteiger partial charge in [0.05, 0.1) is 16.9 Å². The van der Waals surface area contributed by atoms with Crippen LogP contribution in [0.5, 0.6) is 5.75 Å². The van der Waals surface area contributed by atoms with E-state index < -0.39 is 15.9 Å². The lowest BCUT2D eigenvalue weighted by Gasteiger charge is -2.28. The van der Waals surface area contributed by atoms with E-state index in [1.54, 1.807) is 37.4 Å². The Balaban J connectivity index is 1.94. The number of sulfone groups is 1. The summed E-state index contributed by atoms with van der Waals surface area (Å²) < 4.78 is 31.1. The maximum absolute atomic E-state index is 13.0. The molecule has 2 aromatic rings. The first kappa shape index (κ1) is 19.2. The molecule has 0 aromatic heterocycles. The average molecular weight is 389 g/mol. The van der Waals surface area contributed by atoms with Gasteiger partial charge in [-0.3, -0.25) is 0 Å². The second-order valence-corrected chi connectivity index (χ2v) is 8.74. The minimum atomic E-state index is -3.64. The van der Waals surface area contributed by atoms with Gasteiger partial charge in [0.1, 0.15) is 5.75 Å². The molecule has 1 aliphatic carbocycles. The molecular weight excluding hydrogens is 366 g/mol. The molecule has 1 N–H and O–H groups in total. The van der Waals surface area contributed by atoms with E-state index in [0.717, 1.165) is 30.4 Å². The van der Waals surface area contributed by atoms with Crippen molar-refractivity contribution < 1.29 is 23.1 Å². The van der Waals surface area contributed by atoms with Crippen LogP contribution in [0.2, 0.25) is 0 Å². The number of hydrogen-bond acceptors (Lipinski definition) is 4. The zero-order valence-electron chi connectivity index (χ0n) is 15.4. The molecule has 7 heteroatoms. The third-order valence-corrected chi connectivity index (χ3v) is 6.78. The number of hydrogen-bond donors (Lipinski definition) is 1. The van der Waals surface area contributed by atoms with Gasteiger partial charge in [0.25, 0.3) is 0 Å². The van der Waals surface area contributed by atoms with Gasteiger partial charge >= 0.3 is 6.09 Å². The maximum atomic E-state index is 13.0. The van der Waals surface area contributed by atoms with Gasteiger partial charge < -0.3 is 14.7 Å². The molecule has 0 unspecified atom stereocenters. The van der Waals surface area contributed by atoms with Crippen LogP contribution in [0.4, 0.5) is 4.79 Å². The van der Waals surface area contributed by atoms with E-state index in [9.17, 15) is 13.2 Å². The van der Waals surface area contributed by atoms with Crippen molar-refractivity contribution in [3.63, 3.8) is 0 Å². The molecule has 0 radical (unpaired) electrons. The summed E-state index contributed by atoms with van der Waals surface area (Å²) in [6.45, 7) is 0.407. The van der Waals surface area contributed by atoms with Crippen molar-refractivity contribution in [3.05, 3.63) is 53.6 Å². The molecule has 0 fully saturated rings. The molecule has 0 aliphatic heterocycles. The highest BCUT2D eigenvalue weighted by Gasteiger charge is 2.26. The quantitative estimate of drug-likeness (QED) is 0.845. The molecule has 27 heavy (non-hydrogen) atoms. The Labute approximate surface area is 159 Å². The number of fused-ring (bicyclic) bond motifs is 1. The molecule has 3 rings (SSSR count). The molecule has 0 bridgehead atoms. The lowest BCUT2D eigenvalue weighted by atomic mass is 9.82. The Morgan fingerprint density at radius 2 is 1.96 bits per heavy atom. The third kappa shape index (κ3) is 3.93. The Bertz CT molecular complexity index is 955. The van der Waals surface area contributed by atoms with E-state index in [-0.39, 0.29) is 15.7 Å². The van der Waals surface area contributed by atoms with Gasteiger partial charge in [0, 0.05) is 19.5 Å². The SMILES string of the molecule is COc1cccc(S(=O)(=O)c2ccc3c(c2)CCC[C@H]3CN(C)C(=O)O)c1. The number of amides is 1. The average Bonchev–Trinajstić information content (AvgIpc) is 2.67. The predicted molar refractivity (Wildman–Crippen MR) is 101 cm³/mol. The van der Waals surface area contributed by atoms with Crippen LogP contribution in [0.1, 0.15) is 29.9 Å². The zero-order chi connectivity index (χ0) is 19.6. The molecule has 1 amide bonds. The monoisotopic (exact) mass is 389 g/mol. The standard InChI is InChI=1S/C20H23NO5S/c1-21(20(22)23)13-15-6-3-5-14-11-18(9-10-19(14)15)27(24,25)17-8-4-7-16(12-17)26-2/h4,7-12,15H,3,5-6,13H2,1-2H3,(H,22,23)/t15-/m0/s1. The van der Waals surface area contributed by atoms with Crippen LogP contribution in [-0.4, -0.2) is 45.2 Å². The zero-order valence-corrected chi connectivity index (χ0v) is 16.2. The molecule has 0 saturated heterocycles. The first-order chi connectivity index (χ1) is 12.8. The lowest BCUT2D eigenvalue weighted by Crippen LogP contribution is -2.31. The molecule has 2 aromatic carbocycles. The number of benzene rings is 2. The molecule has 1 atom stereocenters. The highest BCUT2D eigenvalue weighted by molar-refractivity contribution is 7.91. The molecule has 144 valence electrons. The topological polar surface area (TPSA) is 83.9 Å². The molecular formula is C20H23NO5S. The number of carboxylic acid groups (broad SMARTS) is 1. The number of methoxy groups -OCH3 is 1. The Hall–Kier alpha value is -2.54. The smallest absolute Gasteiger partial charge is 0.407 e. The van der Waals surface area contributed by atoms with E-state index in [0.29, 0.717) is 12.3 Å². The molecule has 6 nitrogen and oxygen atoms in total. The fourth-order valence-corrected chi connectivity index (χ4v) is 4.91. The Kier molecular flexibility index (Phi) is 5.41. The second kappa shape index (κ2) is 7.60. The minimum Gasteiger partial charge on any atom is -0.497 e. The summed E-state index contributed by atoms with van der Waals surface area (Å²) in [7, 11) is -0.591. The first-order valence-electron chi connectivity index (χ1n) is 8.79. The van der Waals surface area contributed by atoms with E-state index in [2.05, 4.69) is 0 Å². The van der Waals surface area contributed by atoms with Crippen LogP contribution in [0.3, 0.4) is 0 Å². The highest BCUT2D eigenvalue weighted by Crippen LogP contribution is 2.35. The van der Waals surface area contributed by atoms with E-state index >= 15 is 0 Å². The summed E-state index contributed by atoms with van der Waals surface area (Å²) in [6.07, 6.45) is 1.64. The van der Waals surface area contributed by atoms with Crippen LogP contribution in [0, 0.1) is 0 Å². The second-order valence-electron chi connectivity index (χ2n) is 6.80. The number of rotatable bonds is 5. The van der Waals surface area contributed by atoms with Gasteiger partial charge in [-0.25, -0.2) is 13.2 Å². The number of aryl methyl sites for hydroxylation is 1. The van der Waals surface area contributed by atoms with Crippen LogP contribution < -0.4 is 4.74 Å². The summed E-state index contributed by atoms with van der Waals surface area (Å²) in [5.74, 6) is 0.578. The summed E-state index contributed by atoms with van der Waals surface area (Å²) >= 11 is 0. The van der Waals surface area contributed by atoms with Gasteiger partial charge in [-0.05, 0) is 60.7 Å². The molecule has 0 heterocycles. The lowest BCUT2D eigenvalue weighted by molar-refractivity contribution is 0.152. The minimum absolute atomic E-state index is 0.0865. The van der Waals surface area contributed by atoms with Gasteiger partial charge in [0.15, 0.2) is 0 Å². The predicted octanol–water partition coefficient (Wildman–Crippen LogP) is 3.56. The molecule has 0 spiro atoms. The summed E-state index contributed by atoms with van der Waals surface area (Å²) in [6, 6.07) is 11.6. The van der Waals surface area contributed by atoms with Gasteiger partial charge in [-0.1, -0.05) is 12.1 Å². The summed E-state index contributed by atoms with van der Waals surface area (Å²) in [4.78, 5) is 12.8. The third-order valence-electron chi connectivity index (χ3n) is 5.04. The Morgan fingerprint density at radius 3 is 2.67 bits per heavy atom. The van der Waals surface area contributed by atoms with Crippen molar-refractivity contribution in [2.45, 2.75) is 35.0 Å². The number of carbonyl (C=O) groups is 1. The fraction of sp³-hybridized carbons (Fsp3) is 0.350. The van der Waals surface area contributed by atoms with Crippen molar-refractivity contribution in [1.82, 2.24) is 4.90 Å². The van der Waals surface area contributed by atoms with Crippen molar-refractivity contribution in [2.75, 3.05) is 20.7 Å². The van der Waals surface area contributed by atoms with Crippen LogP contribution >= 0.6 is 0 Å². The normalized spacial score (nSPS) is 16.4. The van der Waals surface area contributed by atoms with Gasteiger partial charge in [-0.2, -0.15) is 0 Å². The highest BCUT2D eigenvalue weighted by atomic mass is 32.2. The largest absolute Gasteiger partial charge is 0.497 e. The van der Waals surface area contributed by atoms with E-state index in [1.807, 2.05) is 6.07 Å². The number of nitrogens with zero attached hydrogens (tertiary/aromatic N) is 1. The maximum Gasteiger partial charge on any atom is 0.407 e. The van der Waals surface area contributed by atoms with Crippen molar-refractivity contribution >= 4 is 15.9 Å². The Morgan fingerprint density at radius 1 is 1.22 bits per heavy atom. The molecule has 1 aliphatic rings. The van der Waals surface area contributed by atoms with E-state index in [1.165, 1.54) is 18.1 Å². The summed E-state index contributed by atoms with van der Waals surface area (Å²) in [5, 5.41) is 9.12. The van der Waals surface area contributed by atoms with Crippen molar-refractivity contribution in [2.24, 2.45) is 0 Å². The summed E-state index contributed by atoms with van der Waals surface area (Å²) in [5.41, 5.74) is 2.02.